The van der Waals surface area contributed by atoms with E-state index in [1.807, 2.05) is 6.92 Å². The molecule has 0 atom stereocenters. The molecule has 0 aliphatic heterocycles. The van der Waals surface area contributed by atoms with Crippen LogP contribution in [0, 0.1) is 6.92 Å². The number of ether oxygens (including phenoxy) is 2. The average molecular weight is 237 g/mol. The molecule has 84 valence electrons. The lowest BCUT2D eigenvalue weighted by Crippen LogP contribution is -1.92. The molecule has 0 unspecified atom stereocenters. The number of hydrogen-bond acceptors (Lipinski definition) is 6. The van der Waals surface area contributed by atoms with Crippen molar-refractivity contribution in [3.63, 3.8) is 0 Å². The van der Waals surface area contributed by atoms with E-state index in [0.29, 0.717) is 22.4 Å². The standard InChI is InChI=1S/C10H11N3O2S/c1-6-12-13-10(16-6)15-9-5-7(11)3-4-8(9)14-2/h3-5H,11H2,1-2H3. The van der Waals surface area contributed by atoms with Gasteiger partial charge in [-0.25, -0.2) is 0 Å². The Kier molecular flexibility index (Phi) is 2.91. The van der Waals surface area contributed by atoms with E-state index < -0.39 is 0 Å². The largest absolute Gasteiger partial charge is 0.493 e. The number of nitrogens with two attached hydrogens (primary N) is 1. The molecule has 2 N–H and O–H groups in total. The van der Waals surface area contributed by atoms with Gasteiger partial charge in [0, 0.05) is 11.8 Å². The second-order valence-electron chi connectivity index (χ2n) is 3.10. The van der Waals surface area contributed by atoms with Gasteiger partial charge in [-0.1, -0.05) is 16.4 Å². The fraction of sp³-hybridized carbons (Fsp3) is 0.200. The van der Waals surface area contributed by atoms with Crippen molar-refractivity contribution < 1.29 is 9.47 Å². The minimum atomic E-state index is 0.474. The lowest BCUT2D eigenvalue weighted by Gasteiger charge is -2.07. The second-order valence-corrected chi connectivity index (χ2v) is 4.24. The maximum Gasteiger partial charge on any atom is 0.299 e. The number of benzene rings is 1. The van der Waals surface area contributed by atoms with E-state index in [0.717, 1.165) is 5.01 Å². The summed E-state index contributed by atoms with van der Waals surface area (Å²) in [6.45, 7) is 1.86. The van der Waals surface area contributed by atoms with Crippen LogP contribution in [0.15, 0.2) is 18.2 Å². The molecule has 2 rings (SSSR count). The number of nitrogens with zero attached hydrogens (tertiary/aromatic N) is 2. The van der Waals surface area contributed by atoms with Gasteiger partial charge in [0.1, 0.15) is 5.01 Å². The molecular formula is C10H11N3O2S. The van der Waals surface area contributed by atoms with Crippen molar-refractivity contribution in [2.45, 2.75) is 6.92 Å². The SMILES string of the molecule is COc1ccc(N)cc1Oc1nnc(C)s1. The molecule has 2 aromatic rings. The van der Waals surface area contributed by atoms with E-state index in [1.165, 1.54) is 11.3 Å². The van der Waals surface area contributed by atoms with Crippen molar-refractivity contribution in [1.29, 1.82) is 0 Å². The quantitative estimate of drug-likeness (QED) is 0.829. The highest BCUT2D eigenvalue weighted by molar-refractivity contribution is 7.13. The molecule has 5 nitrogen and oxygen atoms in total. The van der Waals surface area contributed by atoms with Crippen molar-refractivity contribution in [3.05, 3.63) is 23.2 Å². The molecule has 0 spiro atoms. The maximum atomic E-state index is 5.67. The van der Waals surface area contributed by atoms with Crippen LogP contribution in [-0.4, -0.2) is 17.3 Å². The third-order valence-corrected chi connectivity index (χ3v) is 2.61. The summed E-state index contributed by atoms with van der Waals surface area (Å²) < 4.78 is 10.7. The van der Waals surface area contributed by atoms with Gasteiger partial charge in [-0.2, -0.15) is 0 Å². The van der Waals surface area contributed by atoms with Gasteiger partial charge in [-0.05, 0) is 19.1 Å². The van der Waals surface area contributed by atoms with Gasteiger partial charge in [0.15, 0.2) is 11.5 Å². The molecule has 1 heterocycles. The van der Waals surface area contributed by atoms with Crippen LogP contribution < -0.4 is 15.2 Å². The number of methoxy groups -OCH3 is 1. The molecule has 1 aromatic heterocycles. The minimum Gasteiger partial charge on any atom is -0.493 e. The van der Waals surface area contributed by atoms with Crippen molar-refractivity contribution in [3.8, 4) is 16.7 Å². The van der Waals surface area contributed by atoms with Gasteiger partial charge in [0.05, 0.1) is 7.11 Å². The first-order chi connectivity index (χ1) is 7.69. The topological polar surface area (TPSA) is 70.3 Å². The van der Waals surface area contributed by atoms with Crippen molar-refractivity contribution >= 4 is 17.0 Å². The van der Waals surface area contributed by atoms with Gasteiger partial charge in [0.2, 0.25) is 0 Å². The average Bonchev–Trinajstić information content (AvgIpc) is 2.64. The van der Waals surface area contributed by atoms with Crippen LogP contribution >= 0.6 is 11.3 Å². The predicted octanol–water partition coefficient (Wildman–Crippen LogP) is 2.23. The molecule has 0 bridgehead atoms. The van der Waals surface area contributed by atoms with Crippen molar-refractivity contribution in [2.24, 2.45) is 0 Å². The minimum absolute atomic E-state index is 0.474. The van der Waals surface area contributed by atoms with E-state index in [1.54, 1.807) is 25.3 Å². The van der Waals surface area contributed by atoms with Crippen LogP contribution in [0.3, 0.4) is 0 Å². The Hall–Kier alpha value is -1.82. The number of hydrogen-bond donors (Lipinski definition) is 1. The van der Waals surface area contributed by atoms with Crippen molar-refractivity contribution in [1.82, 2.24) is 10.2 Å². The Labute approximate surface area is 96.8 Å². The molecule has 0 aliphatic rings. The Morgan fingerprint density at radius 2 is 2.06 bits per heavy atom. The van der Waals surface area contributed by atoms with Crippen LogP contribution in [0.1, 0.15) is 5.01 Å². The maximum absolute atomic E-state index is 5.67. The Balaban J connectivity index is 2.29. The first-order valence-corrected chi connectivity index (χ1v) is 5.42. The normalized spacial score (nSPS) is 10.1. The summed E-state index contributed by atoms with van der Waals surface area (Å²) in [6.07, 6.45) is 0. The number of nitrogen functional groups attached to an aromatic ring is 1. The molecule has 1 aromatic carbocycles. The lowest BCUT2D eigenvalue weighted by atomic mass is 10.3. The van der Waals surface area contributed by atoms with Crippen LogP contribution in [0.5, 0.6) is 16.7 Å². The molecule has 0 fully saturated rings. The van der Waals surface area contributed by atoms with Gasteiger partial charge in [0.25, 0.3) is 5.19 Å². The second kappa shape index (κ2) is 4.36. The van der Waals surface area contributed by atoms with E-state index in [4.69, 9.17) is 15.2 Å². The summed E-state index contributed by atoms with van der Waals surface area (Å²) in [5.41, 5.74) is 6.28. The van der Waals surface area contributed by atoms with Crippen LogP contribution in [0.2, 0.25) is 0 Å². The molecule has 0 saturated heterocycles. The zero-order valence-electron chi connectivity index (χ0n) is 8.93. The smallest absolute Gasteiger partial charge is 0.299 e. The van der Waals surface area contributed by atoms with E-state index in [9.17, 15) is 0 Å². The number of aryl methyl sites for hydroxylation is 1. The molecule has 0 radical (unpaired) electrons. The monoisotopic (exact) mass is 237 g/mol. The lowest BCUT2D eigenvalue weighted by molar-refractivity contribution is 0.377. The Morgan fingerprint density at radius 3 is 2.69 bits per heavy atom. The number of rotatable bonds is 3. The Morgan fingerprint density at radius 1 is 1.25 bits per heavy atom. The summed E-state index contributed by atoms with van der Waals surface area (Å²) >= 11 is 1.37. The number of anilines is 1. The third-order valence-electron chi connectivity index (χ3n) is 1.89. The fourth-order valence-corrected chi connectivity index (χ4v) is 1.73. The zero-order chi connectivity index (χ0) is 11.5. The van der Waals surface area contributed by atoms with Gasteiger partial charge in [-0.15, -0.1) is 5.10 Å². The van der Waals surface area contributed by atoms with Crippen LogP contribution in [-0.2, 0) is 0 Å². The highest BCUT2D eigenvalue weighted by Gasteiger charge is 2.09. The van der Waals surface area contributed by atoms with Crippen LogP contribution in [0.4, 0.5) is 5.69 Å². The molecule has 0 aliphatic carbocycles. The van der Waals surface area contributed by atoms with Crippen LogP contribution in [0.25, 0.3) is 0 Å². The summed E-state index contributed by atoms with van der Waals surface area (Å²) in [4.78, 5) is 0. The molecule has 0 amide bonds. The zero-order valence-corrected chi connectivity index (χ0v) is 9.75. The van der Waals surface area contributed by atoms with Gasteiger partial charge in [-0.3, -0.25) is 0 Å². The van der Waals surface area contributed by atoms with Gasteiger partial charge < -0.3 is 15.2 Å². The summed E-state index contributed by atoms with van der Waals surface area (Å²) in [5.74, 6) is 1.15. The van der Waals surface area contributed by atoms with E-state index >= 15 is 0 Å². The Bertz CT molecular complexity index is 499. The highest BCUT2D eigenvalue weighted by Crippen LogP contribution is 2.34. The van der Waals surface area contributed by atoms with E-state index in [2.05, 4.69) is 10.2 Å². The third kappa shape index (κ3) is 2.22. The highest BCUT2D eigenvalue weighted by atomic mass is 32.1. The van der Waals surface area contributed by atoms with Gasteiger partial charge >= 0.3 is 0 Å². The molecule has 0 saturated carbocycles. The summed E-state index contributed by atoms with van der Waals surface area (Å²) in [6, 6.07) is 5.19. The fourth-order valence-electron chi connectivity index (χ4n) is 1.19. The summed E-state index contributed by atoms with van der Waals surface area (Å²) in [7, 11) is 1.57. The van der Waals surface area contributed by atoms with Crippen molar-refractivity contribution in [2.75, 3.05) is 12.8 Å². The predicted molar refractivity (Wildman–Crippen MR) is 62.1 cm³/mol. The molecule has 6 heteroatoms. The molecular weight excluding hydrogens is 226 g/mol. The van der Waals surface area contributed by atoms with E-state index in [-0.39, 0.29) is 0 Å². The summed E-state index contributed by atoms with van der Waals surface area (Å²) in [5, 5.41) is 9.05. The number of aromatic nitrogens is 2. The first kappa shape index (κ1) is 10.7. The first-order valence-electron chi connectivity index (χ1n) is 4.60. The molecule has 16 heavy (non-hydrogen) atoms.